The van der Waals surface area contributed by atoms with E-state index < -0.39 is 0 Å². The summed E-state index contributed by atoms with van der Waals surface area (Å²) < 4.78 is 12.6. The third-order valence-corrected chi connectivity index (χ3v) is 6.54. The smallest absolute Gasteiger partial charge is 0.229 e. The van der Waals surface area contributed by atoms with Crippen LogP contribution < -0.4 is 19.7 Å². The average Bonchev–Trinajstić information content (AvgIpc) is 3.23. The number of aromatic nitrogens is 3. The number of aryl methyl sites for hydroxylation is 2. The highest BCUT2D eigenvalue weighted by Gasteiger charge is 2.29. The normalized spacial score (nSPS) is 18.3. The summed E-state index contributed by atoms with van der Waals surface area (Å²) in [5.41, 5.74) is 4.35. The van der Waals surface area contributed by atoms with E-state index in [0.717, 1.165) is 43.6 Å². The van der Waals surface area contributed by atoms with Gasteiger partial charge in [-0.15, -0.1) is 0 Å². The molecule has 168 valence electrons. The minimum absolute atomic E-state index is 0.0180. The van der Waals surface area contributed by atoms with E-state index in [4.69, 9.17) is 19.6 Å². The summed E-state index contributed by atoms with van der Waals surface area (Å²) in [6.07, 6.45) is 10.0. The molecule has 8 nitrogen and oxygen atoms in total. The number of carbonyl (C=O) groups excluding carboxylic acids is 1. The molecule has 8 heteroatoms. The Morgan fingerprint density at radius 3 is 2.81 bits per heavy atom. The molecule has 3 heterocycles. The molecule has 1 amide bonds. The Balaban J connectivity index is 1.36. The van der Waals surface area contributed by atoms with Gasteiger partial charge in [0, 0.05) is 42.8 Å². The number of ether oxygens (including phenoxy) is 2. The molecular formula is C24H29N5O3. The Hall–Kier alpha value is -3.29. The molecule has 1 aromatic carbocycles. The van der Waals surface area contributed by atoms with Crippen LogP contribution in [0.25, 0.3) is 5.52 Å². The fourth-order valence-corrected chi connectivity index (χ4v) is 4.92. The summed E-state index contributed by atoms with van der Waals surface area (Å²) in [5.74, 6) is 2.09. The second-order valence-corrected chi connectivity index (χ2v) is 8.52. The van der Waals surface area contributed by atoms with Gasteiger partial charge >= 0.3 is 0 Å². The highest BCUT2D eigenvalue weighted by molar-refractivity contribution is 5.93. The quantitative estimate of drug-likeness (QED) is 0.661. The maximum atomic E-state index is 13.1. The zero-order valence-corrected chi connectivity index (χ0v) is 18.6. The van der Waals surface area contributed by atoms with Crippen LogP contribution in [0, 0.1) is 5.92 Å². The molecule has 1 fully saturated rings. The van der Waals surface area contributed by atoms with Gasteiger partial charge in [-0.05, 0) is 50.7 Å². The van der Waals surface area contributed by atoms with Crippen molar-refractivity contribution in [2.45, 2.75) is 38.5 Å². The second kappa shape index (κ2) is 8.68. The lowest BCUT2D eigenvalue weighted by Gasteiger charge is -2.33. The van der Waals surface area contributed by atoms with Gasteiger partial charge in [-0.3, -0.25) is 4.79 Å². The molecule has 1 unspecified atom stereocenters. The lowest BCUT2D eigenvalue weighted by Crippen LogP contribution is -2.41. The van der Waals surface area contributed by atoms with E-state index in [-0.39, 0.29) is 11.8 Å². The Morgan fingerprint density at radius 2 is 1.97 bits per heavy atom. The van der Waals surface area contributed by atoms with Gasteiger partial charge in [-0.25, -0.2) is 9.50 Å². The first-order valence-electron chi connectivity index (χ1n) is 11.3. The summed E-state index contributed by atoms with van der Waals surface area (Å²) in [7, 11) is 3.18. The van der Waals surface area contributed by atoms with Crippen LogP contribution in [0.2, 0.25) is 0 Å². The third kappa shape index (κ3) is 3.74. The van der Waals surface area contributed by atoms with E-state index in [1.165, 1.54) is 24.1 Å². The second-order valence-electron chi connectivity index (χ2n) is 8.52. The van der Waals surface area contributed by atoms with Gasteiger partial charge in [0.1, 0.15) is 5.52 Å². The number of hydrogen-bond donors (Lipinski definition) is 1. The molecule has 2 aliphatic rings. The minimum Gasteiger partial charge on any atom is -0.493 e. The molecule has 0 bridgehead atoms. The van der Waals surface area contributed by atoms with E-state index in [0.29, 0.717) is 23.7 Å². The number of methoxy groups -OCH3 is 2. The van der Waals surface area contributed by atoms with Crippen LogP contribution in [0.3, 0.4) is 0 Å². The van der Waals surface area contributed by atoms with E-state index in [1.54, 1.807) is 26.4 Å². The lowest BCUT2D eigenvalue weighted by molar-refractivity contribution is -0.120. The van der Waals surface area contributed by atoms with Crippen molar-refractivity contribution in [1.29, 1.82) is 0 Å². The molecule has 1 N–H and O–H groups in total. The SMILES string of the molecule is COc1ccc(NC(=O)C2CCCN(c3nccn4nc5c(c34)CCCC5)C2)cc1OC. The number of anilines is 2. The molecule has 3 aromatic rings. The fourth-order valence-electron chi connectivity index (χ4n) is 4.92. The number of amides is 1. The van der Waals surface area contributed by atoms with Crippen LogP contribution >= 0.6 is 0 Å². The highest BCUT2D eigenvalue weighted by Crippen LogP contribution is 2.33. The Morgan fingerprint density at radius 1 is 1.12 bits per heavy atom. The van der Waals surface area contributed by atoms with Gasteiger partial charge in [-0.2, -0.15) is 5.10 Å². The van der Waals surface area contributed by atoms with Crippen molar-refractivity contribution < 1.29 is 14.3 Å². The van der Waals surface area contributed by atoms with Crippen LogP contribution in [0.5, 0.6) is 11.5 Å². The van der Waals surface area contributed by atoms with Crippen LogP contribution in [-0.4, -0.2) is 47.8 Å². The van der Waals surface area contributed by atoms with Crippen LogP contribution in [0.15, 0.2) is 30.6 Å². The number of piperidine rings is 1. The zero-order valence-electron chi connectivity index (χ0n) is 18.6. The van der Waals surface area contributed by atoms with Crippen molar-refractivity contribution in [3.63, 3.8) is 0 Å². The van der Waals surface area contributed by atoms with Crippen LogP contribution in [-0.2, 0) is 17.6 Å². The molecule has 32 heavy (non-hydrogen) atoms. The van der Waals surface area contributed by atoms with E-state index in [2.05, 4.69) is 10.2 Å². The molecule has 1 saturated heterocycles. The molecule has 5 rings (SSSR count). The maximum absolute atomic E-state index is 13.1. The number of benzene rings is 1. The predicted octanol–water partition coefficient (Wildman–Crippen LogP) is 3.48. The Labute approximate surface area is 187 Å². The summed E-state index contributed by atoms with van der Waals surface area (Å²) in [4.78, 5) is 20.1. The summed E-state index contributed by atoms with van der Waals surface area (Å²) in [5, 5.41) is 7.85. The molecule has 0 spiro atoms. The third-order valence-electron chi connectivity index (χ3n) is 6.54. The van der Waals surface area contributed by atoms with Gasteiger partial charge in [0.05, 0.1) is 25.8 Å². The summed E-state index contributed by atoms with van der Waals surface area (Å²) in [6.45, 7) is 1.54. The lowest BCUT2D eigenvalue weighted by atomic mass is 9.95. The monoisotopic (exact) mass is 435 g/mol. The Bertz CT molecular complexity index is 1140. The fraction of sp³-hybridized carbons (Fsp3) is 0.458. The van der Waals surface area contributed by atoms with Crippen molar-refractivity contribution >= 4 is 22.9 Å². The van der Waals surface area contributed by atoms with E-state index in [9.17, 15) is 4.79 Å². The van der Waals surface area contributed by atoms with E-state index in [1.807, 2.05) is 23.0 Å². The number of rotatable bonds is 5. The first kappa shape index (κ1) is 20.6. The van der Waals surface area contributed by atoms with Crippen LogP contribution in [0.1, 0.15) is 36.9 Å². The van der Waals surface area contributed by atoms with Crippen molar-refractivity contribution in [2.75, 3.05) is 37.5 Å². The molecule has 0 radical (unpaired) electrons. The van der Waals surface area contributed by atoms with Gasteiger partial charge < -0.3 is 19.7 Å². The van der Waals surface area contributed by atoms with Gasteiger partial charge in [0.2, 0.25) is 5.91 Å². The minimum atomic E-state index is -0.113. The number of nitrogens with one attached hydrogen (secondary N) is 1. The average molecular weight is 436 g/mol. The van der Waals surface area contributed by atoms with Gasteiger partial charge in [0.15, 0.2) is 17.3 Å². The first-order chi connectivity index (χ1) is 15.7. The highest BCUT2D eigenvalue weighted by atomic mass is 16.5. The molecule has 2 aromatic heterocycles. The number of hydrogen-bond acceptors (Lipinski definition) is 6. The predicted molar refractivity (Wildman–Crippen MR) is 123 cm³/mol. The summed E-state index contributed by atoms with van der Waals surface area (Å²) in [6, 6.07) is 5.42. The van der Waals surface area contributed by atoms with Crippen molar-refractivity contribution in [2.24, 2.45) is 5.92 Å². The zero-order chi connectivity index (χ0) is 22.1. The number of carbonyl (C=O) groups is 1. The molecule has 1 atom stereocenters. The number of nitrogens with zero attached hydrogens (tertiary/aromatic N) is 4. The summed E-state index contributed by atoms with van der Waals surface area (Å²) >= 11 is 0. The van der Waals surface area contributed by atoms with Gasteiger partial charge in [0.25, 0.3) is 0 Å². The first-order valence-corrected chi connectivity index (χ1v) is 11.3. The molecule has 1 aliphatic carbocycles. The topological polar surface area (TPSA) is 81.0 Å². The number of fused-ring (bicyclic) bond motifs is 3. The largest absolute Gasteiger partial charge is 0.493 e. The van der Waals surface area contributed by atoms with Crippen LogP contribution in [0.4, 0.5) is 11.5 Å². The molecule has 0 saturated carbocycles. The van der Waals surface area contributed by atoms with Crippen molar-refractivity contribution in [3.8, 4) is 11.5 Å². The molecular weight excluding hydrogens is 406 g/mol. The standard InChI is InChI=1S/C24H29N5O3/c1-31-20-10-9-17(14-21(20)32-2)26-24(30)16-6-5-12-28(15-16)23-22-18-7-3-4-8-19(18)27-29(22)13-11-25-23/h9-11,13-14,16H,3-8,12,15H2,1-2H3,(H,26,30). The van der Waals surface area contributed by atoms with Gasteiger partial charge in [-0.1, -0.05) is 0 Å². The maximum Gasteiger partial charge on any atom is 0.229 e. The molecule has 1 aliphatic heterocycles. The van der Waals surface area contributed by atoms with E-state index >= 15 is 0 Å². The van der Waals surface area contributed by atoms with Crippen molar-refractivity contribution in [1.82, 2.24) is 14.6 Å². The Kier molecular flexibility index (Phi) is 5.59. The van der Waals surface area contributed by atoms with Crippen molar-refractivity contribution in [3.05, 3.63) is 41.9 Å².